The molecule has 2 aromatic carbocycles. The Labute approximate surface area is 136 Å². The molecule has 1 aliphatic rings. The molecule has 0 radical (unpaired) electrons. The number of nitrogens with one attached hydrogen (secondary N) is 1. The Bertz CT molecular complexity index is 776. The number of para-hydroxylation sites is 1. The van der Waals surface area contributed by atoms with Gasteiger partial charge < -0.3 is 10.2 Å². The van der Waals surface area contributed by atoms with Crippen LogP contribution in [-0.2, 0) is 11.2 Å². The third-order valence-electron chi connectivity index (χ3n) is 4.11. The number of carbonyl (C=O) groups is 1. The lowest BCUT2D eigenvalue weighted by atomic mass is 9.99. The van der Waals surface area contributed by atoms with Gasteiger partial charge in [-0.25, -0.2) is 0 Å². The number of nitrogens with zero attached hydrogens (tertiary/aromatic N) is 2. The second-order valence-electron chi connectivity index (χ2n) is 5.86. The lowest BCUT2D eigenvalue weighted by Crippen LogP contribution is -2.36. The van der Waals surface area contributed by atoms with Gasteiger partial charge in [-0.15, -0.1) is 0 Å². The molecule has 23 heavy (non-hydrogen) atoms. The van der Waals surface area contributed by atoms with Gasteiger partial charge in [0.2, 0.25) is 5.91 Å². The van der Waals surface area contributed by atoms with Crippen molar-refractivity contribution in [2.75, 3.05) is 23.3 Å². The Morgan fingerprint density at radius 1 is 1.30 bits per heavy atom. The summed E-state index contributed by atoms with van der Waals surface area (Å²) in [6, 6.07) is 15.5. The first-order valence-corrected chi connectivity index (χ1v) is 7.81. The number of hydrogen-bond donors (Lipinski definition) is 1. The fourth-order valence-corrected chi connectivity index (χ4v) is 3.02. The van der Waals surface area contributed by atoms with Crippen molar-refractivity contribution < 1.29 is 4.79 Å². The van der Waals surface area contributed by atoms with Gasteiger partial charge >= 0.3 is 0 Å². The monoisotopic (exact) mass is 305 g/mol. The highest BCUT2D eigenvalue weighted by atomic mass is 16.2. The first-order valence-electron chi connectivity index (χ1n) is 7.81. The Morgan fingerprint density at radius 3 is 2.96 bits per heavy atom. The average molecular weight is 305 g/mol. The Balaban J connectivity index is 1.73. The zero-order chi connectivity index (χ0) is 16.2. The molecule has 1 aliphatic heterocycles. The van der Waals surface area contributed by atoms with Crippen molar-refractivity contribution in [3.8, 4) is 6.07 Å². The highest BCUT2D eigenvalue weighted by Gasteiger charge is 2.19. The van der Waals surface area contributed by atoms with Gasteiger partial charge in [0, 0.05) is 12.2 Å². The second kappa shape index (κ2) is 6.53. The van der Waals surface area contributed by atoms with Crippen molar-refractivity contribution in [3.05, 3.63) is 59.2 Å². The number of anilines is 2. The molecule has 0 bridgehead atoms. The molecule has 0 aliphatic carbocycles. The molecular formula is C19H19N3O. The van der Waals surface area contributed by atoms with E-state index in [0.29, 0.717) is 17.8 Å². The summed E-state index contributed by atoms with van der Waals surface area (Å²) < 4.78 is 0. The number of fused-ring (bicyclic) bond motifs is 1. The third-order valence-corrected chi connectivity index (χ3v) is 4.11. The van der Waals surface area contributed by atoms with Crippen LogP contribution in [0.5, 0.6) is 0 Å². The molecule has 0 fully saturated rings. The molecule has 3 rings (SSSR count). The molecule has 0 aromatic heterocycles. The van der Waals surface area contributed by atoms with Gasteiger partial charge in [0.1, 0.15) is 6.07 Å². The fourth-order valence-electron chi connectivity index (χ4n) is 3.02. The number of amides is 1. The molecule has 1 N–H and O–H groups in total. The maximum atomic E-state index is 12.4. The molecule has 0 saturated carbocycles. The summed E-state index contributed by atoms with van der Waals surface area (Å²) in [5.74, 6) is -0.0962. The third kappa shape index (κ3) is 3.35. The summed E-state index contributed by atoms with van der Waals surface area (Å²) >= 11 is 0. The Kier molecular flexibility index (Phi) is 4.29. The SMILES string of the molecule is Cc1ccc2c(c1)CCCN2CC(=O)Nc1ccccc1C#N. The average Bonchev–Trinajstić information content (AvgIpc) is 2.55. The van der Waals surface area contributed by atoms with Crippen LogP contribution in [-0.4, -0.2) is 19.0 Å². The summed E-state index contributed by atoms with van der Waals surface area (Å²) in [4.78, 5) is 14.5. The number of nitriles is 1. The quantitative estimate of drug-likeness (QED) is 0.947. The standard InChI is InChI=1S/C19H19N3O/c1-14-8-9-18-15(11-14)6-4-10-22(18)13-19(23)21-17-7-3-2-5-16(17)12-20/h2-3,5,7-9,11H,4,6,10,13H2,1H3,(H,21,23). The summed E-state index contributed by atoms with van der Waals surface area (Å²) in [5, 5.41) is 11.9. The molecule has 0 spiro atoms. The number of carbonyl (C=O) groups excluding carboxylic acids is 1. The smallest absolute Gasteiger partial charge is 0.243 e. The lowest BCUT2D eigenvalue weighted by molar-refractivity contribution is -0.115. The molecular weight excluding hydrogens is 286 g/mol. The molecule has 4 heteroatoms. The van der Waals surface area contributed by atoms with Gasteiger partial charge in [0.25, 0.3) is 0 Å². The van der Waals surface area contributed by atoms with Crippen LogP contribution in [0.15, 0.2) is 42.5 Å². The maximum Gasteiger partial charge on any atom is 0.243 e. The van der Waals surface area contributed by atoms with Crippen molar-refractivity contribution in [3.63, 3.8) is 0 Å². The zero-order valence-corrected chi connectivity index (χ0v) is 13.2. The van der Waals surface area contributed by atoms with E-state index >= 15 is 0 Å². The molecule has 1 heterocycles. The van der Waals surface area contributed by atoms with Crippen molar-refractivity contribution in [2.24, 2.45) is 0 Å². The largest absolute Gasteiger partial charge is 0.362 e. The minimum absolute atomic E-state index is 0.0962. The van der Waals surface area contributed by atoms with Crippen LogP contribution in [0.2, 0.25) is 0 Å². The first-order chi connectivity index (χ1) is 11.2. The zero-order valence-electron chi connectivity index (χ0n) is 13.2. The van der Waals surface area contributed by atoms with Gasteiger partial charge in [-0.1, -0.05) is 29.8 Å². The van der Waals surface area contributed by atoms with Crippen LogP contribution in [0.3, 0.4) is 0 Å². The van der Waals surface area contributed by atoms with Crippen molar-refractivity contribution in [2.45, 2.75) is 19.8 Å². The van der Waals surface area contributed by atoms with Gasteiger partial charge in [-0.2, -0.15) is 5.26 Å². The predicted molar refractivity (Wildman–Crippen MR) is 91.5 cm³/mol. The van der Waals surface area contributed by atoms with Crippen LogP contribution in [0, 0.1) is 18.3 Å². The van der Waals surface area contributed by atoms with Crippen molar-refractivity contribution >= 4 is 17.3 Å². The fraction of sp³-hybridized carbons (Fsp3) is 0.263. The van der Waals surface area contributed by atoms with Crippen molar-refractivity contribution in [1.82, 2.24) is 0 Å². The minimum atomic E-state index is -0.0962. The van der Waals surface area contributed by atoms with E-state index in [0.717, 1.165) is 25.1 Å². The Hall–Kier alpha value is -2.80. The van der Waals surface area contributed by atoms with Gasteiger partial charge in [0.05, 0.1) is 17.8 Å². The van der Waals surface area contributed by atoms with E-state index in [1.165, 1.54) is 11.1 Å². The summed E-state index contributed by atoms with van der Waals surface area (Å²) in [7, 11) is 0. The highest BCUT2D eigenvalue weighted by Crippen LogP contribution is 2.27. The minimum Gasteiger partial charge on any atom is -0.362 e. The topological polar surface area (TPSA) is 56.1 Å². The molecule has 0 saturated heterocycles. The highest BCUT2D eigenvalue weighted by molar-refractivity contribution is 5.95. The Morgan fingerprint density at radius 2 is 2.13 bits per heavy atom. The van der Waals surface area contributed by atoms with E-state index in [2.05, 4.69) is 41.4 Å². The maximum absolute atomic E-state index is 12.4. The molecule has 0 unspecified atom stereocenters. The van der Waals surface area contributed by atoms with E-state index in [1.54, 1.807) is 18.2 Å². The number of aryl methyl sites for hydroxylation is 2. The van der Waals surface area contributed by atoms with Crippen LogP contribution in [0.1, 0.15) is 23.1 Å². The number of rotatable bonds is 3. The molecule has 2 aromatic rings. The normalized spacial score (nSPS) is 13.1. The van der Waals surface area contributed by atoms with Gasteiger partial charge in [0.15, 0.2) is 0 Å². The second-order valence-corrected chi connectivity index (χ2v) is 5.86. The van der Waals surface area contributed by atoms with Crippen LogP contribution >= 0.6 is 0 Å². The van der Waals surface area contributed by atoms with E-state index in [9.17, 15) is 4.79 Å². The first kappa shape index (κ1) is 15.1. The van der Waals surface area contributed by atoms with Crippen LogP contribution < -0.4 is 10.2 Å². The van der Waals surface area contributed by atoms with Crippen LogP contribution in [0.4, 0.5) is 11.4 Å². The van der Waals surface area contributed by atoms with E-state index in [1.807, 2.05) is 6.07 Å². The number of hydrogen-bond acceptors (Lipinski definition) is 3. The predicted octanol–water partition coefficient (Wildman–Crippen LogP) is 3.26. The molecule has 0 atom stereocenters. The number of benzene rings is 2. The molecule has 4 nitrogen and oxygen atoms in total. The summed E-state index contributed by atoms with van der Waals surface area (Å²) in [6.07, 6.45) is 2.12. The summed E-state index contributed by atoms with van der Waals surface area (Å²) in [5.41, 5.74) is 4.75. The lowest BCUT2D eigenvalue weighted by Gasteiger charge is -2.31. The van der Waals surface area contributed by atoms with E-state index in [4.69, 9.17) is 5.26 Å². The van der Waals surface area contributed by atoms with E-state index in [-0.39, 0.29) is 5.91 Å². The van der Waals surface area contributed by atoms with E-state index < -0.39 is 0 Å². The summed E-state index contributed by atoms with van der Waals surface area (Å²) in [6.45, 7) is 3.27. The van der Waals surface area contributed by atoms with Crippen LogP contribution in [0.25, 0.3) is 0 Å². The van der Waals surface area contributed by atoms with Gasteiger partial charge in [-0.3, -0.25) is 4.79 Å². The van der Waals surface area contributed by atoms with Gasteiger partial charge in [-0.05, 0) is 43.5 Å². The molecule has 116 valence electrons. The molecule has 1 amide bonds. The van der Waals surface area contributed by atoms with Crippen molar-refractivity contribution in [1.29, 1.82) is 5.26 Å².